The number of aliphatic hydroxyl groups is 1. The van der Waals surface area contributed by atoms with Gasteiger partial charge in [-0.3, -0.25) is 14.3 Å². The molecule has 0 bridgehead atoms. The van der Waals surface area contributed by atoms with Crippen molar-refractivity contribution in [1.82, 2.24) is 14.5 Å². The van der Waals surface area contributed by atoms with Crippen molar-refractivity contribution in [2.24, 2.45) is 5.73 Å². The standard InChI is InChI=1S/C23H19F2N3O5S.CH5N/c1-12-6-13-7-15(2-3-17(13)28(12)22(31)32)33-18-4-5-26-16-8-19(34-20(16)18)21(30)27-11-23(24,25)9-14(27)10-29;1-2/h2-8,14,29H,9-11H2,1H3,(H,31,32);2H2,1H3. The van der Waals surface area contributed by atoms with Gasteiger partial charge in [0, 0.05) is 29.8 Å². The normalized spacial score (nSPS) is 16.7. The van der Waals surface area contributed by atoms with Crippen LogP contribution < -0.4 is 10.5 Å². The molecule has 36 heavy (non-hydrogen) atoms. The van der Waals surface area contributed by atoms with Crippen LogP contribution in [-0.4, -0.2) is 68.8 Å². The van der Waals surface area contributed by atoms with Crippen LogP contribution in [0.4, 0.5) is 13.6 Å². The quantitative estimate of drug-likeness (QED) is 0.367. The van der Waals surface area contributed by atoms with E-state index in [2.05, 4.69) is 10.7 Å². The van der Waals surface area contributed by atoms with Gasteiger partial charge in [-0.1, -0.05) is 0 Å². The summed E-state index contributed by atoms with van der Waals surface area (Å²) in [7, 11) is 1.50. The van der Waals surface area contributed by atoms with E-state index in [4.69, 9.17) is 4.74 Å². The average Bonchev–Trinajstić information content (AvgIpc) is 3.51. The summed E-state index contributed by atoms with van der Waals surface area (Å²) in [6.07, 6.45) is -0.131. The second-order valence-corrected chi connectivity index (χ2v) is 9.24. The number of rotatable bonds is 4. The van der Waals surface area contributed by atoms with E-state index in [1.165, 1.54) is 23.9 Å². The number of nitrogens with two attached hydrogens (primary N) is 1. The molecule has 0 aliphatic carbocycles. The average molecular weight is 519 g/mol. The summed E-state index contributed by atoms with van der Waals surface area (Å²) in [5.74, 6) is -2.74. The van der Waals surface area contributed by atoms with E-state index in [0.717, 1.165) is 16.2 Å². The molecule has 12 heteroatoms. The molecule has 190 valence electrons. The summed E-state index contributed by atoms with van der Waals surface area (Å²) < 4.78 is 35.4. The molecule has 4 N–H and O–H groups in total. The first-order chi connectivity index (χ1) is 17.2. The Bertz CT molecular complexity index is 1450. The van der Waals surface area contributed by atoms with Gasteiger partial charge in [-0.05, 0) is 44.3 Å². The van der Waals surface area contributed by atoms with Crippen LogP contribution in [0.2, 0.25) is 0 Å². The van der Waals surface area contributed by atoms with Crippen molar-refractivity contribution >= 4 is 44.5 Å². The van der Waals surface area contributed by atoms with Gasteiger partial charge in [0.15, 0.2) is 0 Å². The number of pyridine rings is 1. The Labute approximate surface area is 208 Å². The zero-order chi connectivity index (χ0) is 26.2. The van der Waals surface area contributed by atoms with Crippen LogP contribution in [0.5, 0.6) is 11.5 Å². The lowest BCUT2D eigenvalue weighted by Crippen LogP contribution is -2.37. The van der Waals surface area contributed by atoms with Crippen molar-refractivity contribution in [2.75, 3.05) is 20.2 Å². The van der Waals surface area contributed by atoms with Crippen LogP contribution >= 0.6 is 11.3 Å². The minimum atomic E-state index is -3.04. The third kappa shape index (κ3) is 4.62. The first-order valence-electron chi connectivity index (χ1n) is 11.0. The van der Waals surface area contributed by atoms with Crippen molar-refractivity contribution in [3.8, 4) is 11.5 Å². The van der Waals surface area contributed by atoms with Gasteiger partial charge >= 0.3 is 6.09 Å². The minimum absolute atomic E-state index is 0.222. The lowest BCUT2D eigenvalue weighted by atomic mass is 10.2. The fraction of sp³-hybridized carbons (Fsp3) is 0.292. The predicted molar refractivity (Wildman–Crippen MR) is 131 cm³/mol. The molecule has 1 saturated heterocycles. The Morgan fingerprint density at radius 3 is 2.69 bits per heavy atom. The Morgan fingerprint density at radius 2 is 2.00 bits per heavy atom. The van der Waals surface area contributed by atoms with Gasteiger partial charge in [0.1, 0.15) is 11.5 Å². The number of halogens is 2. The fourth-order valence-corrected chi connectivity index (χ4v) is 5.34. The molecule has 1 fully saturated rings. The number of hydrogen-bond donors (Lipinski definition) is 3. The van der Waals surface area contributed by atoms with E-state index in [0.29, 0.717) is 38.3 Å². The molecule has 1 aromatic carbocycles. The number of likely N-dealkylation sites (tertiary alicyclic amines) is 1. The molecular formula is C24H24F2N4O5S. The molecule has 9 nitrogen and oxygen atoms in total. The van der Waals surface area contributed by atoms with Crippen molar-refractivity contribution < 1.29 is 33.3 Å². The number of benzene rings is 1. The van der Waals surface area contributed by atoms with Crippen LogP contribution in [0.1, 0.15) is 21.8 Å². The summed E-state index contributed by atoms with van der Waals surface area (Å²) in [6.45, 7) is 0.421. The highest BCUT2D eigenvalue weighted by molar-refractivity contribution is 7.21. The summed E-state index contributed by atoms with van der Waals surface area (Å²) in [4.78, 5) is 29.9. The zero-order valence-electron chi connectivity index (χ0n) is 19.4. The number of carbonyl (C=O) groups is 2. The lowest BCUT2D eigenvalue weighted by Gasteiger charge is -2.21. The van der Waals surface area contributed by atoms with Crippen LogP contribution in [-0.2, 0) is 0 Å². The van der Waals surface area contributed by atoms with E-state index in [-0.39, 0.29) is 4.88 Å². The molecule has 3 aromatic heterocycles. The highest BCUT2D eigenvalue weighted by atomic mass is 32.1. The Balaban J connectivity index is 0.00000148. The molecule has 4 heterocycles. The van der Waals surface area contributed by atoms with Gasteiger partial charge in [-0.25, -0.2) is 13.6 Å². The number of aromatic nitrogens is 2. The third-order valence-electron chi connectivity index (χ3n) is 5.81. The first kappa shape index (κ1) is 25.5. The molecule has 0 saturated carbocycles. The van der Waals surface area contributed by atoms with Crippen LogP contribution in [0.15, 0.2) is 42.6 Å². The molecule has 1 atom stereocenters. The van der Waals surface area contributed by atoms with Crippen molar-refractivity contribution in [2.45, 2.75) is 25.3 Å². The predicted octanol–water partition coefficient (Wildman–Crippen LogP) is 4.29. The van der Waals surface area contributed by atoms with Gasteiger partial charge in [0.2, 0.25) is 0 Å². The van der Waals surface area contributed by atoms with Gasteiger partial charge in [0.05, 0.1) is 39.8 Å². The van der Waals surface area contributed by atoms with Gasteiger partial charge in [-0.2, -0.15) is 0 Å². The molecule has 1 aliphatic rings. The molecule has 0 spiro atoms. The van der Waals surface area contributed by atoms with Gasteiger partial charge < -0.3 is 25.6 Å². The maximum Gasteiger partial charge on any atom is 0.416 e. The summed E-state index contributed by atoms with van der Waals surface area (Å²) >= 11 is 1.08. The number of carbonyl (C=O) groups excluding carboxylic acids is 1. The minimum Gasteiger partial charge on any atom is -0.464 e. The number of carboxylic acid groups (broad SMARTS) is 1. The number of fused-ring (bicyclic) bond motifs is 2. The second kappa shape index (κ2) is 9.80. The number of aliphatic hydroxyl groups excluding tert-OH is 1. The summed E-state index contributed by atoms with van der Waals surface area (Å²) in [5.41, 5.74) is 6.08. The lowest BCUT2D eigenvalue weighted by molar-refractivity contribution is 0.0116. The smallest absolute Gasteiger partial charge is 0.416 e. The number of nitrogens with zero attached hydrogens (tertiary/aromatic N) is 3. The Hall–Kier alpha value is -3.61. The Kier molecular flexibility index (Phi) is 6.94. The SMILES string of the molecule is CN.Cc1cc2cc(Oc3ccnc4cc(C(=O)N5CC(F)(F)CC5CO)sc34)ccc2n1C(=O)O. The number of ether oxygens (including phenoxy) is 1. The van der Waals surface area contributed by atoms with Crippen LogP contribution in [0, 0.1) is 6.92 Å². The number of hydrogen-bond acceptors (Lipinski definition) is 7. The van der Waals surface area contributed by atoms with E-state index >= 15 is 0 Å². The highest BCUT2D eigenvalue weighted by Gasteiger charge is 2.47. The summed E-state index contributed by atoms with van der Waals surface area (Å²) in [6, 6.07) is 8.96. The van der Waals surface area contributed by atoms with Gasteiger partial charge in [-0.15, -0.1) is 11.3 Å². The largest absolute Gasteiger partial charge is 0.464 e. The summed E-state index contributed by atoms with van der Waals surface area (Å²) in [5, 5.41) is 19.5. The van der Waals surface area contributed by atoms with E-state index in [1.54, 1.807) is 37.3 Å². The van der Waals surface area contributed by atoms with E-state index in [9.17, 15) is 28.6 Å². The van der Waals surface area contributed by atoms with Crippen molar-refractivity contribution in [1.29, 1.82) is 0 Å². The maximum atomic E-state index is 13.8. The molecule has 1 aliphatic heterocycles. The topological polar surface area (TPSA) is 131 Å². The monoisotopic (exact) mass is 518 g/mol. The van der Waals surface area contributed by atoms with E-state index < -0.39 is 43.5 Å². The second-order valence-electron chi connectivity index (χ2n) is 8.19. The number of thiophene rings is 1. The van der Waals surface area contributed by atoms with Gasteiger partial charge in [0.25, 0.3) is 11.8 Å². The molecule has 4 aromatic rings. The number of amides is 1. The zero-order valence-corrected chi connectivity index (χ0v) is 20.3. The van der Waals surface area contributed by atoms with Crippen LogP contribution in [0.25, 0.3) is 21.1 Å². The molecule has 1 amide bonds. The van der Waals surface area contributed by atoms with Crippen molar-refractivity contribution in [3.63, 3.8) is 0 Å². The third-order valence-corrected chi connectivity index (χ3v) is 6.94. The molecular weight excluding hydrogens is 494 g/mol. The number of aryl methyl sites for hydroxylation is 1. The van der Waals surface area contributed by atoms with Crippen LogP contribution in [0.3, 0.4) is 0 Å². The molecule has 5 rings (SSSR count). The molecule has 1 unspecified atom stereocenters. The highest BCUT2D eigenvalue weighted by Crippen LogP contribution is 2.38. The molecule has 0 radical (unpaired) electrons. The fourth-order valence-electron chi connectivity index (χ4n) is 4.32. The van der Waals surface area contributed by atoms with Crippen molar-refractivity contribution in [3.05, 3.63) is 53.2 Å². The number of alkyl halides is 2. The van der Waals surface area contributed by atoms with E-state index in [1.807, 2.05) is 0 Å². The maximum absolute atomic E-state index is 13.8. The first-order valence-corrected chi connectivity index (χ1v) is 11.8. The Morgan fingerprint density at radius 1 is 1.25 bits per heavy atom.